The number of hydrogen-bond donors (Lipinski definition) is 1. The summed E-state index contributed by atoms with van der Waals surface area (Å²) in [5.41, 5.74) is -2.39. The summed E-state index contributed by atoms with van der Waals surface area (Å²) in [5.74, 6) is -2.76. The molecule has 0 bridgehead atoms. The van der Waals surface area contributed by atoms with Crippen molar-refractivity contribution >= 4 is 27.6 Å². The third kappa shape index (κ3) is 6.96. The quantitative estimate of drug-likeness (QED) is 0.238. The first-order valence-electron chi connectivity index (χ1n) is 12.7. The minimum atomic E-state index is -5.01. The first kappa shape index (κ1) is 32.4. The Hall–Kier alpha value is -4.03. The molecule has 2 aliphatic rings. The third-order valence-corrected chi connectivity index (χ3v) is 8.09. The third-order valence-electron chi connectivity index (χ3n) is 6.82. The standard InChI is InChI=1S/C27H19F9N2O6S/c28-25(29,30)15-1-7-19-22(9-15)43-23-10-16(26(31,32)33)2-8-20(23)38(19)21-13-42-12-14(24(21)39)11-37-45(40,41)18-5-3-17(4-6-18)44-27(34,35)36/h1-11,14,21,24,39H,12-13H2/t14?,21-,24-/m0/s1. The second-order valence-corrected chi connectivity index (χ2v) is 11.5. The number of anilines is 2. The molecule has 18 heteroatoms. The summed E-state index contributed by atoms with van der Waals surface area (Å²) in [5, 5.41) is 11.3. The molecule has 45 heavy (non-hydrogen) atoms. The van der Waals surface area contributed by atoms with Crippen LogP contribution >= 0.6 is 0 Å². The number of rotatable bonds is 5. The van der Waals surface area contributed by atoms with Gasteiger partial charge in [0.25, 0.3) is 10.0 Å². The number of aliphatic hydroxyl groups is 1. The van der Waals surface area contributed by atoms with Crippen LogP contribution in [0.4, 0.5) is 50.9 Å². The topological polar surface area (TPSA) is 97.7 Å². The Morgan fingerprint density at radius 1 is 0.822 bits per heavy atom. The highest BCUT2D eigenvalue weighted by Gasteiger charge is 2.42. The molecule has 5 rings (SSSR count). The van der Waals surface area contributed by atoms with Gasteiger partial charge in [0.2, 0.25) is 0 Å². The van der Waals surface area contributed by atoms with Crippen molar-refractivity contribution in [3.8, 4) is 17.2 Å². The zero-order valence-electron chi connectivity index (χ0n) is 22.2. The number of ether oxygens (including phenoxy) is 3. The molecule has 242 valence electrons. The van der Waals surface area contributed by atoms with Crippen LogP contribution in [0.1, 0.15) is 11.1 Å². The molecule has 3 atom stereocenters. The molecule has 1 unspecified atom stereocenters. The molecule has 2 aliphatic heterocycles. The Balaban J connectivity index is 1.46. The minimum Gasteiger partial charge on any atom is -0.453 e. The fraction of sp³-hybridized carbons (Fsp3) is 0.296. The van der Waals surface area contributed by atoms with Gasteiger partial charge in [0.05, 0.1) is 52.8 Å². The average molecular weight is 671 g/mol. The first-order valence-corrected chi connectivity index (χ1v) is 14.1. The van der Waals surface area contributed by atoms with Crippen molar-refractivity contribution in [1.29, 1.82) is 0 Å². The summed E-state index contributed by atoms with van der Waals surface area (Å²) in [6.45, 7) is -0.570. The number of hydrogen-bond acceptors (Lipinski definition) is 7. The average Bonchev–Trinajstić information content (AvgIpc) is 2.93. The number of alkyl halides is 9. The normalized spacial score (nSPS) is 20.8. The molecule has 3 aromatic carbocycles. The largest absolute Gasteiger partial charge is 0.573 e. The van der Waals surface area contributed by atoms with Gasteiger partial charge in [-0.1, -0.05) is 0 Å². The van der Waals surface area contributed by atoms with E-state index in [1.807, 2.05) is 0 Å². The fourth-order valence-corrected chi connectivity index (χ4v) is 5.66. The van der Waals surface area contributed by atoms with E-state index < -0.39 is 80.1 Å². The highest BCUT2D eigenvalue weighted by Crippen LogP contribution is 2.51. The highest BCUT2D eigenvalue weighted by molar-refractivity contribution is 7.90. The van der Waals surface area contributed by atoms with Crippen molar-refractivity contribution < 1.29 is 67.2 Å². The van der Waals surface area contributed by atoms with Crippen LogP contribution in [-0.2, 0) is 27.1 Å². The SMILES string of the molecule is O=S(=O)(N=CC1COC[C@H](N2c3ccc(C(F)(F)F)cc3Oc3cc(C(F)(F)F)ccc32)[C@H]1O)c1ccc(OC(F)(F)F)cc1. The van der Waals surface area contributed by atoms with Crippen molar-refractivity contribution in [3.05, 3.63) is 71.8 Å². The maximum Gasteiger partial charge on any atom is 0.573 e. The van der Waals surface area contributed by atoms with Gasteiger partial charge in [0, 0.05) is 12.1 Å². The predicted molar refractivity (Wildman–Crippen MR) is 138 cm³/mol. The number of halogens is 9. The molecule has 0 amide bonds. The lowest BCUT2D eigenvalue weighted by atomic mass is 9.93. The van der Waals surface area contributed by atoms with Gasteiger partial charge in [-0.2, -0.15) is 39.2 Å². The van der Waals surface area contributed by atoms with Gasteiger partial charge in [0.15, 0.2) is 11.5 Å². The van der Waals surface area contributed by atoms with E-state index in [2.05, 4.69) is 9.13 Å². The van der Waals surface area contributed by atoms with Crippen molar-refractivity contribution in [2.24, 2.45) is 10.3 Å². The summed E-state index contributed by atoms with van der Waals surface area (Å²) in [7, 11) is -4.50. The molecule has 0 aliphatic carbocycles. The van der Waals surface area contributed by atoms with Crippen LogP contribution < -0.4 is 14.4 Å². The summed E-state index contributed by atoms with van der Waals surface area (Å²) in [6.07, 6.45) is -15.3. The van der Waals surface area contributed by atoms with Gasteiger partial charge >= 0.3 is 18.7 Å². The molecular formula is C27H19F9N2O6S. The monoisotopic (exact) mass is 670 g/mol. The molecule has 1 saturated heterocycles. The van der Waals surface area contributed by atoms with E-state index in [4.69, 9.17) is 9.47 Å². The molecule has 0 aromatic heterocycles. The van der Waals surface area contributed by atoms with Crippen LogP contribution in [0.2, 0.25) is 0 Å². The molecule has 0 radical (unpaired) electrons. The van der Waals surface area contributed by atoms with Gasteiger partial charge < -0.3 is 24.2 Å². The molecule has 0 spiro atoms. The van der Waals surface area contributed by atoms with E-state index in [0.29, 0.717) is 12.1 Å². The second kappa shape index (κ2) is 11.4. The maximum atomic E-state index is 13.4. The molecular weight excluding hydrogens is 651 g/mol. The number of sulfonamides is 1. The number of benzene rings is 3. The highest BCUT2D eigenvalue weighted by atomic mass is 32.2. The molecule has 1 N–H and O–H groups in total. The molecule has 2 heterocycles. The van der Waals surface area contributed by atoms with Gasteiger partial charge in [-0.15, -0.1) is 13.2 Å². The van der Waals surface area contributed by atoms with Crippen LogP contribution in [0.25, 0.3) is 0 Å². The van der Waals surface area contributed by atoms with E-state index >= 15 is 0 Å². The van der Waals surface area contributed by atoms with Crippen LogP contribution in [0, 0.1) is 5.92 Å². The lowest BCUT2D eigenvalue weighted by Gasteiger charge is -2.44. The first-order chi connectivity index (χ1) is 20.8. The molecule has 0 saturated carbocycles. The fourth-order valence-electron chi connectivity index (χ4n) is 4.75. The Morgan fingerprint density at radius 2 is 1.36 bits per heavy atom. The molecule has 3 aromatic rings. The Morgan fingerprint density at radius 3 is 1.84 bits per heavy atom. The smallest absolute Gasteiger partial charge is 0.453 e. The minimum absolute atomic E-state index is 0.0470. The van der Waals surface area contributed by atoms with Crippen LogP contribution in [0.5, 0.6) is 17.2 Å². The lowest BCUT2D eigenvalue weighted by Crippen LogP contribution is -2.53. The van der Waals surface area contributed by atoms with Gasteiger partial charge in [-0.3, -0.25) is 0 Å². The van der Waals surface area contributed by atoms with Crippen LogP contribution in [-0.4, -0.2) is 51.5 Å². The Bertz CT molecular complexity index is 1640. The lowest BCUT2D eigenvalue weighted by molar-refractivity contribution is -0.274. The maximum absolute atomic E-state index is 13.4. The van der Waals surface area contributed by atoms with E-state index in [1.54, 1.807) is 0 Å². The van der Waals surface area contributed by atoms with Crippen molar-refractivity contribution in [3.63, 3.8) is 0 Å². The van der Waals surface area contributed by atoms with Crippen molar-refractivity contribution in [2.45, 2.75) is 35.8 Å². The van der Waals surface area contributed by atoms with Gasteiger partial charge in [-0.05, 0) is 60.7 Å². The van der Waals surface area contributed by atoms with Crippen LogP contribution in [0.3, 0.4) is 0 Å². The van der Waals surface area contributed by atoms with Crippen molar-refractivity contribution in [1.82, 2.24) is 0 Å². The Kier molecular flexibility index (Phi) is 8.20. The number of fused-ring (bicyclic) bond motifs is 2. The zero-order chi connectivity index (χ0) is 32.9. The van der Waals surface area contributed by atoms with Gasteiger partial charge in [0.1, 0.15) is 5.75 Å². The summed E-state index contributed by atoms with van der Waals surface area (Å²) in [6, 6.07) is 6.61. The summed E-state index contributed by atoms with van der Waals surface area (Å²) in [4.78, 5) is 0.737. The van der Waals surface area contributed by atoms with Gasteiger partial charge in [-0.25, -0.2) is 0 Å². The summed E-state index contributed by atoms with van der Waals surface area (Å²) >= 11 is 0. The zero-order valence-corrected chi connectivity index (χ0v) is 23.0. The van der Waals surface area contributed by atoms with E-state index in [9.17, 15) is 53.0 Å². The second-order valence-electron chi connectivity index (χ2n) is 9.84. The number of nitrogens with zero attached hydrogens (tertiary/aromatic N) is 2. The van der Waals surface area contributed by atoms with E-state index in [1.165, 1.54) is 4.90 Å². The Labute approximate surface area is 248 Å². The molecule has 8 nitrogen and oxygen atoms in total. The van der Waals surface area contributed by atoms with Crippen molar-refractivity contribution in [2.75, 3.05) is 18.1 Å². The van der Waals surface area contributed by atoms with E-state index in [0.717, 1.165) is 54.7 Å². The summed E-state index contributed by atoms with van der Waals surface area (Å²) < 4.78 is 161. The van der Waals surface area contributed by atoms with E-state index in [-0.39, 0.29) is 24.6 Å². The predicted octanol–water partition coefficient (Wildman–Crippen LogP) is 6.70. The van der Waals surface area contributed by atoms with Crippen LogP contribution in [0.15, 0.2) is 70.0 Å². The molecule has 1 fully saturated rings. The number of aliphatic hydroxyl groups excluding tert-OH is 1.